The predicted molar refractivity (Wildman–Crippen MR) is 143 cm³/mol. The van der Waals surface area contributed by atoms with E-state index in [0.29, 0.717) is 17.8 Å². The van der Waals surface area contributed by atoms with Gasteiger partial charge >= 0.3 is 6.03 Å². The van der Waals surface area contributed by atoms with Gasteiger partial charge in [0.25, 0.3) is 5.91 Å². The van der Waals surface area contributed by atoms with Crippen LogP contribution in [0.1, 0.15) is 43.6 Å². The molecule has 0 spiro atoms. The van der Waals surface area contributed by atoms with Gasteiger partial charge in [-0.15, -0.1) is 0 Å². The fourth-order valence-corrected chi connectivity index (χ4v) is 4.25. The van der Waals surface area contributed by atoms with Gasteiger partial charge in [0.2, 0.25) is 5.91 Å². The number of aliphatic hydroxyl groups excluding tert-OH is 1. The van der Waals surface area contributed by atoms with Crippen LogP contribution in [0.2, 0.25) is 0 Å². The zero-order valence-corrected chi connectivity index (χ0v) is 22.2. The number of nitrogens with zero attached hydrogens (tertiary/aromatic N) is 2. The maximum Gasteiger partial charge on any atom is 0.317 e. The van der Waals surface area contributed by atoms with E-state index in [4.69, 9.17) is 4.74 Å². The van der Waals surface area contributed by atoms with Gasteiger partial charge in [0.05, 0.1) is 36.9 Å². The van der Waals surface area contributed by atoms with Gasteiger partial charge in [0, 0.05) is 25.6 Å². The minimum Gasteiger partial charge on any atom is -0.485 e. The van der Waals surface area contributed by atoms with Crippen LogP contribution in [0, 0.1) is 5.92 Å². The molecule has 37 heavy (non-hydrogen) atoms. The van der Waals surface area contributed by atoms with Crippen molar-refractivity contribution in [3.05, 3.63) is 59.7 Å². The quantitative estimate of drug-likeness (QED) is 0.505. The number of amides is 4. The van der Waals surface area contributed by atoms with Crippen LogP contribution in [0.3, 0.4) is 0 Å². The topological polar surface area (TPSA) is 111 Å². The van der Waals surface area contributed by atoms with E-state index in [1.807, 2.05) is 51.1 Å². The lowest BCUT2D eigenvalue weighted by Gasteiger charge is -2.38. The van der Waals surface area contributed by atoms with Crippen LogP contribution in [-0.2, 0) is 11.2 Å². The second kappa shape index (κ2) is 12.6. The summed E-state index contributed by atoms with van der Waals surface area (Å²) in [6, 6.07) is 13.8. The number of fused-ring (bicyclic) bond motifs is 1. The molecule has 2 aromatic rings. The summed E-state index contributed by atoms with van der Waals surface area (Å²) >= 11 is 0. The number of hydrogen-bond donors (Lipinski definition) is 3. The molecule has 1 heterocycles. The van der Waals surface area contributed by atoms with Crippen molar-refractivity contribution in [1.29, 1.82) is 0 Å². The Kier molecular flexibility index (Phi) is 9.52. The van der Waals surface area contributed by atoms with Crippen molar-refractivity contribution < 1.29 is 24.2 Å². The molecule has 3 N–H and O–H groups in total. The van der Waals surface area contributed by atoms with E-state index in [-0.39, 0.29) is 55.1 Å². The molecule has 0 fully saturated rings. The number of rotatable bonds is 8. The molecule has 3 rings (SSSR count). The minimum absolute atomic E-state index is 0.0173. The summed E-state index contributed by atoms with van der Waals surface area (Å²) in [6.45, 7) is 7.93. The first kappa shape index (κ1) is 28.0. The molecule has 0 radical (unpaired) electrons. The number of anilines is 1. The third kappa shape index (κ3) is 7.22. The summed E-state index contributed by atoms with van der Waals surface area (Å²) in [5, 5.41) is 15.6. The lowest BCUT2D eigenvalue weighted by atomic mass is 9.99. The molecule has 0 saturated heterocycles. The van der Waals surface area contributed by atoms with E-state index in [1.165, 1.54) is 0 Å². The maximum atomic E-state index is 13.6. The van der Waals surface area contributed by atoms with Gasteiger partial charge in [0.1, 0.15) is 6.10 Å². The Morgan fingerprint density at radius 3 is 2.49 bits per heavy atom. The fraction of sp³-hybridized carbons (Fsp3) is 0.464. The molecule has 0 aromatic heterocycles. The Morgan fingerprint density at radius 1 is 1.14 bits per heavy atom. The first-order valence-electron chi connectivity index (χ1n) is 12.7. The van der Waals surface area contributed by atoms with Crippen LogP contribution in [0.5, 0.6) is 5.75 Å². The average molecular weight is 511 g/mol. The highest BCUT2D eigenvalue weighted by Crippen LogP contribution is 2.35. The number of carbonyl (C=O) groups is 3. The second-order valence-corrected chi connectivity index (χ2v) is 10.0. The van der Waals surface area contributed by atoms with E-state index in [1.54, 1.807) is 42.0 Å². The SMILES string of the molecule is CC(C)NC(=O)N(C)C[C@H]1Oc2c(NC(=O)Cc3ccccc3)cccc2C(=O)N([C@H](C)CO)C[C@@H]1C. The van der Waals surface area contributed by atoms with Crippen molar-refractivity contribution >= 4 is 23.5 Å². The van der Waals surface area contributed by atoms with Crippen molar-refractivity contribution in [3.8, 4) is 5.75 Å². The Morgan fingerprint density at radius 2 is 1.84 bits per heavy atom. The molecule has 0 aliphatic carbocycles. The van der Waals surface area contributed by atoms with Gasteiger partial charge < -0.3 is 30.3 Å². The molecule has 9 nitrogen and oxygen atoms in total. The van der Waals surface area contributed by atoms with Gasteiger partial charge in [-0.1, -0.05) is 43.3 Å². The Balaban J connectivity index is 1.95. The van der Waals surface area contributed by atoms with E-state index < -0.39 is 12.1 Å². The van der Waals surface area contributed by atoms with Gasteiger partial charge in [-0.05, 0) is 38.5 Å². The second-order valence-electron chi connectivity index (χ2n) is 10.0. The highest BCUT2D eigenvalue weighted by atomic mass is 16.5. The highest BCUT2D eigenvalue weighted by molar-refractivity contribution is 6.02. The van der Waals surface area contributed by atoms with E-state index >= 15 is 0 Å². The van der Waals surface area contributed by atoms with E-state index in [2.05, 4.69) is 10.6 Å². The molecule has 2 aromatic carbocycles. The summed E-state index contributed by atoms with van der Waals surface area (Å²) in [4.78, 5) is 42.2. The van der Waals surface area contributed by atoms with E-state index in [9.17, 15) is 19.5 Å². The largest absolute Gasteiger partial charge is 0.485 e. The summed E-state index contributed by atoms with van der Waals surface area (Å²) in [6.07, 6.45) is -0.306. The molecular weight excluding hydrogens is 472 g/mol. The van der Waals surface area contributed by atoms with Gasteiger partial charge in [-0.2, -0.15) is 0 Å². The summed E-state index contributed by atoms with van der Waals surface area (Å²) in [5.41, 5.74) is 1.55. The predicted octanol–water partition coefficient (Wildman–Crippen LogP) is 3.14. The lowest BCUT2D eigenvalue weighted by molar-refractivity contribution is -0.115. The van der Waals surface area contributed by atoms with Crippen LogP contribution >= 0.6 is 0 Å². The molecule has 200 valence electrons. The normalized spacial score (nSPS) is 18.2. The van der Waals surface area contributed by atoms with Crippen molar-refractivity contribution in [2.45, 2.75) is 52.3 Å². The first-order valence-corrected chi connectivity index (χ1v) is 12.7. The number of benzene rings is 2. The molecular formula is C28H38N4O5. The molecule has 9 heteroatoms. The molecule has 0 unspecified atom stereocenters. The lowest BCUT2D eigenvalue weighted by Crippen LogP contribution is -2.51. The van der Waals surface area contributed by atoms with Gasteiger partial charge in [-0.3, -0.25) is 9.59 Å². The number of nitrogens with one attached hydrogen (secondary N) is 2. The van der Waals surface area contributed by atoms with Crippen LogP contribution in [-0.4, -0.2) is 77.7 Å². The first-order chi connectivity index (χ1) is 17.6. The highest BCUT2D eigenvalue weighted by Gasteiger charge is 2.35. The monoisotopic (exact) mass is 510 g/mol. The van der Waals surface area contributed by atoms with Gasteiger partial charge in [0.15, 0.2) is 5.75 Å². The van der Waals surface area contributed by atoms with Crippen LogP contribution in [0.25, 0.3) is 0 Å². The van der Waals surface area contributed by atoms with Crippen molar-refractivity contribution in [2.24, 2.45) is 5.92 Å². The number of likely N-dealkylation sites (N-methyl/N-ethyl adjacent to an activating group) is 1. The standard InChI is InChI=1S/C28H38N4O5/c1-18(2)29-28(36)31(5)16-24-19(3)15-32(20(4)17-33)27(35)22-12-9-13-23(26(22)37-24)30-25(34)14-21-10-7-6-8-11-21/h6-13,18-20,24,33H,14-17H2,1-5H3,(H,29,36)(H,30,34)/t19-,20+,24+/m0/s1. The zero-order chi connectivity index (χ0) is 27.1. The third-order valence-electron chi connectivity index (χ3n) is 6.39. The van der Waals surface area contributed by atoms with Crippen LogP contribution in [0.4, 0.5) is 10.5 Å². The fourth-order valence-electron chi connectivity index (χ4n) is 4.25. The van der Waals surface area contributed by atoms with E-state index in [0.717, 1.165) is 5.56 Å². The molecule has 1 aliphatic heterocycles. The van der Waals surface area contributed by atoms with Crippen molar-refractivity contribution in [1.82, 2.24) is 15.1 Å². The molecule has 1 aliphatic rings. The number of hydrogen-bond acceptors (Lipinski definition) is 5. The third-order valence-corrected chi connectivity index (χ3v) is 6.39. The zero-order valence-electron chi connectivity index (χ0n) is 22.2. The van der Waals surface area contributed by atoms with Crippen LogP contribution < -0.4 is 15.4 Å². The Labute approximate surface area is 218 Å². The summed E-state index contributed by atoms with van der Waals surface area (Å²) in [5.74, 6) is -0.435. The number of ether oxygens (including phenoxy) is 1. The molecule has 3 atom stereocenters. The Hall–Kier alpha value is -3.59. The van der Waals surface area contributed by atoms with Crippen molar-refractivity contribution in [3.63, 3.8) is 0 Å². The molecule has 0 saturated carbocycles. The number of carbonyl (C=O) groups excluding carboxylic acids is 3. The van der Waals surface area contributed by atoms with Gasteiger partial charge in [-0.25, -0.2) is 4.79 Å². The summed E-state index contributed by atoms with van der Waals surface area (Å²) < 4.78 is 6.44. The number of aliphatic hydroxyl groups is 1. The number of urea groups is 1. The van der Waals surface area contributed by atoms with Crippen LogP contribution in [0.15, 0.2) is 48.5 Å². The maximum absolute atomic E-state index is 13.6. The molecule has 4 amide bonds. The number of para-hydroxylation sites is 1. The average Bonchev–Trinajstić information content (AvgIpc) is 2.86. The summed E-state index contributed by atoms with van der Waals surface area (Å²) in [7, 11) is 1.69. The Bertz CT molecular complexity index is 1090. The van der Waals surface area contributed by atoms with Crippen molar-refractivity contribution in [2.75, 3.05) is 32.1 Å². The minimum atomic E-state index is -0.477. The molecule has 0 bridgehead atoms. The smallest absolute Gasteiger partial charge is 0.317 e.